The zero-order valence-corrected chi connectivity index (χ0v) is 43.6. The highest BCUT2D eigenvalue weighted by molar-refractivity contribution is 7.03. The molecule has 0 radical (unpaired) electrons. The van der Waals surface area contributed by atoms with E-state index in [-0.39, 0.29) is 0 Å². The molecule has 14 rings (SSSR count). The van der Waals surface area contributed by atoms with Crippen molar-refractivity contribution in [3.8, 4) is 106 Å². The third kappa shape index (κ3) is 8.03. The lowest BCUT2D eigenvalue weighted by atomic mass is 9.96. The van der Waals surface area contributed by atoms with Gasteiger partial charge in [0.15, 0.2) is 0 Å². The molecule has 76 heavy (non-hydrogen) atoms. The van der Waals surface area contributed by atoms with E-state index in [1.54, 1.807) is 0 Å². The number of hydrogen-bond donors (Lipinski definition) is 0. The number of fused-ring (bicyclic) bond motifs is 6. The molecule has 0 N–H and O–H groups in total. The van der Waals surface area contributed by atoms with E-state index in [1.165, 1.54) is 138 Å². The Morgan fingerprint density at radius 3 is 0.816 bits per heavy atom. The van der Waals surface area contributed by atoms with Gasteiger partial charge >= 0.3 is 0 Å². The Morgan fingerprint density at radius 2 is 0.474 bits per heavy atom. The van der Waals surface area contributed by atoms with Crippen LogP contribution in [-0.4, -0.2) is 12.6 Å². The summed E-state index contributed by atoms with van der Waals surface area (Å²) in [4.78, 5) is 0. The number of hydrogen-bond acceptors (Lipinski definition) is 0. The van der Waals surface area contributed by atoms with Crippen LogP contribution in [0.25, 0.3) is 128 Å². The second-order valence-electron chi connectivity index (χ2n) is 20.9. The summed E-state index contributed by atoms with van der Waals surface area (Å²) in [5, 5.41) is 5.48. The van der Waals surface area contributed by atoms with E-state index in [1.807, 2.05) is 0 Å². The normalized spacial score (nSPS) is 12.4. The van der Waals surface area contributed by atoms with Gasteiger partial charge in [0.1, 0.15) is 8.07 Å². The summed E-state index contributed by atoms with van der Waals surface area (Å²) in [6, 6.07) is 105. The molecule has 13 aromatic rings. The van der Waals surface area contributed by atoms with Crippen LogP contribution in [0.1, 0.15) is 0 Å². The van der Waals surface area contributed by atoms with Crippen LogP contribution in [0, 0.1) is 0 Å². The largest absolute Gasteiger partial charge is 0.309 e. The Labute approximate surface area is 446 Å². The average Bonchev–Trinajstić information content (AvgIpc) is 4.13. The smallest absolute Gasteiger partial charge is 0.113 e. The molecular formula is C74H53NSi. The van der Waals surface area contributed by atoms with Crippen molar-refractivity contribution < 1.29 is 0 Å². The van der Waals surface area contributed by atoms with Gasteiger partial charge in [-0.3, -0.25) is 0 Å². The molecule has 0 saturated carbocycles. The lowest BCUT2D eigenvalue weighted by Gasteiger charge is -2.20. The van der Waals surface area contributed by atoms with E-state index in [0.29, 0.717) is 0 Å². The molecule has 12 aromatic carbocycles. The van der Waals surface area contributed by atoms with Crippen molar-refractivity contribution in [3.05, 3.63) is 285 Å². The minimum atomic E-state index is -2.10. The fourth-order valence-corrected chi connectivity index (χ4v) is 15.0. The molecule has 1 nitrogen and oxygen atoms in total. The monoisotopic (exact) mass is 983 g/mol. The van der Waals surface area contributed by atoms with Gasteiger partial charge in [-0.05, 0) is 147 Å². The van der Waals surface area contributed by atoms with Gasteiger partial charge in [0.2, 0.25) is 0 Å². The van der Waals surface area contributed by atoms with Crippen LogP contribution in [0.2, 0.25) is 13.1 Å². The number of benzene rings is 12. The number of nitrogens with zero attached hydrogens (tertiary/aromatic N) is 1. The molecule has 358 valence electrons. The van der Waals surface area contributed by atoms with Gasteiger partial charge in [-0.25, -0.2) is 0 Å². The van der Waals surface area contributed by atoms with Crippen LogP contribution < -0.4 is 10.4 Å². The highest BCUT2D eigenvalue weighted by Gasteiger charge is 2.38. The quantitative estimate of drug-likeness (QED) is 0.127. The SMILES string of the molecule is C[Si]1(C)c2cc(-c3ccc(-c4ccccc4)cc3)ccc2-c2ccc(-n3c4ccc(-c5ccc(-c6ccc(-c7ccccc7)cc6)cc5)cc4c4cc(-c5ccc(-c6ccc(-c7ccccc7)cc6)cc5)ccc43)cc21. The second kappa shape index (κ2) is 18.5. The van der Waals surface area contributed by atoms with Crippen molar-refractivity contribution in [3.63, 3.8) is 0 Å². The highest BCUT2D eigenvalue weighted by atomic mass is 28.3. The van der Waals surface area contributed by atoms with Crippen LogP contribution in [0.5, 0.6) is 0 Å². The zero-order chi connectivity index (χ0) is 50.7. The molecule has 0 amide bonds. The molecule has 2 heterocycles. The summed E-state index contributed by atoms with van der Waals surface area (Å²) in [6.45, 7) is 5.06. The second-order valence-corrected chi connectivity index (χ2v) is 25.2. The third-order valence-corrected chi connectivity index (χ3v) is 19.6. The van der Waals surface area contributed by atoms with Gasteiger partial charge in [0.25, 0.3) is 0 Å². The summed E-state index contributed by atoms with van der Waals surface area (Å²) < 4.78 is 2.51. The Morgan fingerprint density at radius 1 is 0.224 bits per heavy atom. The van der Waals surface area contributed by atoms with Crippen molar-refractivity contribution in [1.82, 2.24) is 4.57 Å². The molecule has 0 bridgehead atoms. The van der Waals surface area contributed by atoms with E-state index in [4.69, 9.17) is 0 Å². The fraction of sp³-hybridized carbons (Fsp3) is 0.0270. The summed E-state index contributed by atoms with van der Waals surface area (Å²) in [7, 11) is -2.10. The van der Waals surface area contributed by atoms with Gasteiger partial charge < -0.3 is 4.57 Å². The minimum Gasteiger partial charge on any atom is -0.309 e. The van der Waals surface area contributed by atoms with Gasteiger partial charge in [-0.15, -0.1) is 0 Å². The Bertz CT molecular complexity index is 4080. The molecule has 0 unspecified atom stereocenters. The summed E-state index contributed by atoms with van der Waals surface area (Å²) >= 11 is 0. The number of rotatable bonds is 9. The summed E-state index contributed by atoms with van der Waals surface area (Å²) in [5.74, 6) is 0. The molecular weight excluding hydrogens is 931 g/mol. The van der Waals surface area contributed by atoms with E-state index in [2.05, 4.69) is 303 Å². The molecule has 1 aliphatic rings. The van der Waals surface area contributed by atoms with Crippen molar-refractivity contribution in [2.45, 2.75) is 13.1 Å². The van der Waals surface area contributed by atoms with E-state index < -0.39 is 8.07 Å². The first kappa shape index (κ1) is 45.3. The summed E-state index contributed by atoms with van der Waals surface area (Å²) in [5.41, 5.74) is 25.9. The average molecular weight is 984 g/mol. The first-order valence-electron chi connectivity index (χ1n) is 26.5. The van der Waals surface area contributed by atoms with Crippen LogP contribution in [0.3, 0.4) is 0 Å². The van der Waals surface area contributed by atoms with E-state index in [9.17, 15) is 0 Å². The summed E-state index contributed by atoms with van der Waals surface area (Å²) in [6.07, 6.45) is 0. The van der Waals surface area contributed by atoms with Gasteiger partial charge in [0, 0.05) is 16.5 Å². The molecule has 0 spiro atoms. The zero-order valence-electron chi connectivity index (χ0n) is 42.6. The Balaban J connectivity index is 0.826. The van der Waals surface area contributed by atoms with Crippen molar-refractivity contribution in [2.75, 3.05) is 0 Å². The van der Waals surface area contributed by atoms with Crippen LogP contribution in [0.4, 0.5) is 0 Å². The van der Waals surface area contributed by atoms with Crippen molar-refractivity contribution in [1.29, 1.82) is 0 Å². The lowest BCUT2D eigenvalue weighted by Crippen LogP contribution is -2.49. The Kier molecular flexibility index (Phi) is 11.1. The first-order valence-corrected chi connectivity index (χ1v) is 29.5. The predicted octanol–water partition coefficient (Wildman–Crippen LogP) is 18.9. The maximum absolute atomic E-state index is 2.53. The molecule has 0 saturated heterocycles. The van der Waals surface area contributed by atoms with Gasteiger partial charge in [-0.2, -0.15) is 0 Å². The molecule has 2 heteroatoms. The van der Waals surface area contributed by atoms with E-state index >= 15 is 0 Å². The first-order chi connectivity index (χ1) is 37.4. The molecule has 1 aliphatic heterocycles. The molecule has 0 fully saturated rings. The van der Waals surface area contributed by atoms with Gasteiger partial charge in [0.05, 0.1) is 11.0 Å². The van der Waals surface area contributed by atoms with Crippen molar-refractivity contribution in [2.24, 2.45) is 0 Å². The molecule has 0 aliphatic carbocycles. The predicted molar refractivity (Wildman–Crippen MR) is 326 cm³/mol. The minimum absolute atomic E-state index is 1.20. The highest BCUT2D eigenvalue weighted by Crippen LogP contribution is 2.40. The van der Waals surface area contributed by atoms with Gasteiger partial charge in [-0.1, -0.05) is 262 Å². The molecule has 1 aromatic heterocycles. The third-order valence-electron chi connectivity index (χ3n) is 16.1. The van der Waals surface area contributed by atoms with Crippen LogP contribution in [-0.2, 0) is 0 Å². The topological polar surface area (TPSA) is 4.93 Å². The maximum Gasteiger partial charge on any atom is 0.113 e. The van der Waals surface area contributed by atoms with E-state index in [0.717, 1.165) is 0 Å². The standard InChI is InChI=1S/C74H53NSi/c1-76(2)73-48-65(62-36-26-55(27-37-62)52-16-10-5-11-17-52)38-42-67(73)68-43-41-66(49-74(68)76)75-71-44-39-63(60-32-28-58(29-33-60)56-22-18-53(19-23-56)50-12-6-3-7-13-50)46-69(71)70-47-64(40-45-72(70)75)61-34-30-59(31-35-61)57-24-20-54(21-25-57)51-14-8-4-9-15-51/h3-49H,1-2H3. The Hall–Kier alpha value is -9.34. The lowest BCUT2D eigenvalue weighted by molar-refractivity contribution is 1.18. The fourth-order valence-electron chi connectivity index (χ4n) is 11.9. The van der Waals surface area contributed by atoms with Crippen LogP contribution in [0.15, 0.2) is 285 Å². The maximum atomic E-state index is 2.53. The number of aromatic nitrogens is 1. The molecule has 0 atom stereocenters. The van der Waals surface area contributed by atoms with Crippen molar-refractivity contribution >= 4 is 40.3 Å². The van der Waals surface area contributed by atoms with Crippen LogP contribution >= 0.6 is 0 Å².